The van der Waals surface area contributed by atoms with Crippen molar-refractivity contribution < 1.29 is 9.53 Å². The molecule has 0 radical (unpaired) electrons. The molecule has 1 N–H and O–H groups in total. The minimum Gasteiger partial charge on any atom is -0.484 e. The number of ether oxygens (including phenoxy) is 1. The van der Waals surface area contributed by atoms with Crippen molar-refractivity contribution in [3.63, 3.8) is 0 Å². The Labute approximate surface area is 112 Å². The van der Waals surface area contributed by atoms with E-state index in [0.29, 0.717) is 12.3 Å². The molecule has 1 aromatic carbocycles. The molecule has 0 atom stereocenters. The van der Waals surface area contributed by atoms with Gasteiger partial charge >= 0.3 is 0 Å². The van der Waals surface area contributed by atoms with E-state index in [1.54, 1.807) is 12.4 Å². The first-order valence-corrected chi connectivity index (χ1v) is 6.09. The number of aromatic nitrogens is 1. The maximum Gasteiger partial charge on any atom is 0.258 e. The van der Waals surface area contributed by atoms with E-state index in [0.717, 1.165) is 11.1 Å². The van der Waals surface area contributed by atoms with E-state index < -0.39 is 0 Å². The fourth-order valence-electron chi connectivity index (χ4n) is 1.54. The first-order valence-electron chi connectivity index (χ1n) is 6.09. The monoisotopic (exact) mass is 256 g/mol. The third-order valence-electron chi connectivity index (χ3n) is 2.63. The van der Waals surface area contributed by atoms with Crippen LogP contribution >= 0.6 is 0 Å². The fraction of sp³-hybridized carbons (Fsp3) is 0.200. The number of amides is 1. The SMILES string of the molecule is Cc1ccc(OCC(=O)NCc2ccncc2)cc1. The molecule has 0 saturated carbocycles. The summed E-state index contributed by atoms with van der Waals surface area (Å²) >= 11 is 0. The second-order valence-corrected chi connectivity index (χ2v) is 4.23. The molecule has 0 bridgehead atoms. The van der Waals surface area contributed by atoms with Crippen LogP contribution in [0.5, 0.6) is 5.75 Å². The lowest BCUT2D eigenvalue weighted by Gasteiger charge is -2.07. The van der Waals surface area contributed by atoms with Gasteiger partial charge in [0.25, 0.3) is 5.91 Å². The summed E-state index contributed by atoms with van der Waals surface area (Å²) in [7, 11) is 0. The first kappa shape index (κ1) is 13.1. The van der Waals surface area contributed by atoms with Crippen LogP contribution in [0.25, 0.3) is 0 Å². The molecule has 0 fully saturated rings. The van der Waals surface area contributed by atoms with Crippen LogP contribution in [0.2, 0.25) is 0 Å². The molecule has 19 heavy (non-hydrogen) atoms. The molecule has 0 saturated heterocycles. The Kier molecular flexibility index (Phi) is 4.50. The van der Waals surface area contributed by atoms with Crippen LogP contribution in [0.3, 0.4) is 0 Å². The second kappa shape index (κ2) is 6.54. The molecule has 0 spiro atoms. The summed E-state index contributed by atoms with van der Waals surface area (Å²) in [6.07, 6.45) is 3.40. The molecular weight excluding hydrogens is 240 g/mol. The van der Waals surface area contributed by atoms with Crippen LogP contribution in [-0.2, 0) is 11.3 Å². The zero-order valence-corrected chi connectivity index (χ0v) is 10.8. The molecule has 0 aliphatic rings. The number of hydrogen-bond acceptors (Lipinski definition) is 3. The van der Waals surface area contributed by atoms with Gasteiger partial charge in [-0.25, -0.2) is 0 Å². The number of nitrogens with one attached hydrogen (secondary N) is 1. The van der Waals surface area contributed by atoms with Crippen LogP contribution in [0.1, 0.15) is 11.1 Å². The van der Waals surface area contributed by atoms with E-state index in [1.807, 2.05) is 43.3 Å². The Bertz CT molecular complexity index is 524. The maximum atomic E-state index is 11.6. The third-order valence-corrected chi connectivity index (χ3v) is 2.63. The Morgan fingerprint density at radius 2 is 1.84 bits per heavy atom. The molecular formula is C15H16N2O2. The van der Waals surface area contributed by atoms with E-state index in [9.17, 15) is 4.79 Å². The van der Waals surface area contributed by atoms with Crippen LogP contribution in [-0.4, -0.2) is 17.5 Å². The zero-order chi connectivity index (χ0) is 13.5. The Morgan fingerprint density at radius 3 is 2.53 bits per heavy atom. The minimum atomic E-state index is -0.141. The van der Waals surface area contributed by atoms with Gasteiger partial charge in [-0.1, -0.05) is 17.7 Å². The van der Waals surface area contributed by atoms with Gasteiger partial charge in [0, 0.05) is 18.9 Å². The van der Waals surface area contributed by atoms with Gasteiger partial charge in [-0.15, -0.1) is 0 Å². The van der Waals surface area contributed by atoms with Crippen LogP contribution in [0.15, 0.2) is 48.8 Å². The average molecular weight is 256 g/mol. The van der Waals surface area contributed by atoms with E-state index in [4.69, 9.17) is 4.74 Å². The second-order valence-electron chi connectivity index (χ2n) is 4.23. The van der Waals surface area contributed by atoms with Gasteiger partial charge in [-0.05, 0) is 36.8 Å². The van der Waals surface area contributed by atoms with Crippen LogP contribution in [0.4, 0.5) is 0 Å². The van der Waals surface area contributed by atoms with Crippen molar-refractivity contribution in [2.45, 2.75) is 13.5 Å². The summed E-state index contributed by atoms with van der Waals surface area (Å²) in [5, 5.41) is 2.79. The third kappa shape index (κ3) is 4.43. The molecule has 0 aliphatic carbocycles. The summed E-state index contributed by atoms with van der Waals surface area (Å²) in [5.74, 6) is 0.557. The fourth-order valence-corrected chi connectivity index (χ4v) is 1.54. The Hall–Kier alpha value is -2.36. The molecule has 1 heterocycles. The van der Waals surface area contributed by atoms with Crippen molar-refractivity contribution in [3.05, 3.63) is 59.9 Å². The summed E-state index contributed by atoms with van der Waals surface area (Å²) in [6.45, 7) is 2.51. The summed E-state index contributed by atoms with van der Waals surface area (Å²) < 4.78 is 5.39. The van der Waals surface area contributed by atoms with E-state index in [2.05, 4.69) is 10.3 Å². The van der Waals surface area contributed by atoms with Gasteiger partial charge in [0.2, 0.25) is 0 Å². The molecule has 1 amide bonds. The van der Waals surface area contributed by atoms with Crippen molar-refractivity contribution in [2.24, 2.45) is 0 Å². The first-order chi connectivity index (χ1) is 9.24. The molecule has 2 aromatic rings. The number of hydrogen-bond donors (Lipinski definition) is 1. The van der Waals surface area contributed by atoms with Gasteiger partial charge in [-0.3, -0.25) is 9.78 Å². The molecule has 4 heteroatoms. The standard InChI is InChI=1S/C15H16N2O2/c1-12-2-4-14(5-3-12)19-11-15(18)17-10-13-6-8-16-9-7-13/h2-9H,10-11H2,1H3,(H,17,18). The number of aryl methyl sites for hydroxylation is 1. The normalized spacial score (nSPS) is 9.95. The van der Waals surface area contributed by atoms with E-state index in [-0.39, 0.29) is 12.5 Å². The van der Waals surface area contributed by atoms with Crippen LogP contribution < -0.4 is 10.1 Å². The lowest BCUT2D eigenvalue weighted by atomic mass is 10.2. The molecule has 4 nitrogen and oxygen atoms in total. The topological polar surface area (TPSA) is 51.2 Å². The van der Waals surface area contributed by atoms with Gasteiger partial charge in [0.05, 0.1) is 0 Å². The predicted octanol–water partition coefficient (Wildman–Crippen LogP) is 2.09. The quantitative estimate of drug-likeness (QED) is 0.891. The molecule has 0 unspecified atom stereocenters. The Morgan fingerprint density at radius 1 is 1.16 bits per heavy atom. The number of rotatable bonds is 5. The summed E-state index contributed by atoms with van der Waals surface area (Å²) in [4.78, 5) is 15.5. The number of carbonyl (C=O) groups is 1. The zero-order valence-electron chi connectivity index (χ0n) is 10.8. The average Bonchev–Trinajstić information content (AvgIpc) is 2.45. The lowest BCUT2D eigenvalue weighted by Crippen LogP contribution is -2.28. The maximum absolute atomic E-state index is 11.6. The number of benzene rings is 1. The number of pyridine rings is 1. The molecule has 1 aromatic heterocycles. The summed E-state index contributed by atoms with van der Waals surface area (Å²) in [6, 6.07) is 11.3. The van der Waals surface area contributed by atoms with E-state index in [1.165, 1.54) is 0 Å². The molecule has 2 rings (SSSR count). The highest BCUT2D eigenvalue weighted by Gasteiger charge is 2.02. The van der Waals surface area contributed by atoms with Gasteiger partial charge in [-0.2, -0.15) is 0 Å². The highest BCUT2D eigenvalue weighted by atomic mass is 16.5. The molecule has 98 valence electrons. The Balaban J connectivity index is 1.74. The smallest absolute Gasteiger partial charge is 0.258 e. The van der Waals surface area contributed by atoms with Crippen molar-refractivity contribution in [3.8, 4) is 5.75 Å². The van der Waals surface area contributed by atoms with E-state index >= 15 is 0 Å². The summed E-state index contributed by atoms with van der Waals surface area (Å²) in [5.41, 5.74) is 2.17. The van der Waals surface area contributed by atoms with Gasteiger partial charge < -0.3 is 10.1 Å². The predicted molar refractivity (Wildman–Crippen MR) is 72.8 cm³/mol. The van der Waals surface area contributed by atoms with Crippen molar-refractivity contribution >= 4 is 5.91 Å². The highest BCUT2D eigenvalue weighted by molar-refractivity contribution is 5.77. The van der Waals surface area contributed by atoms with Crippen LogP contribution in [0, 0.1) is 6.92 Å². The van der Waals surface area contributed by atoms with Crippen molar-refractivity contribution in [2.75, 3.05) is 6.61 Å². The van der Waals surface area contributed by atoms with Gasteiger partial charge in [0.1, 0.15) is 5.75 Å². The largest absolute Gasteiger partial charge is 0.484 e. The van der Waals surface area contributed by atoms with Gasteiger partial charge in [0.15, 0.2) is 6.61 Å². The molecule has 0 aliphatic heterocycles. The highest BCUT2D eigenvalue weighted by Crippen LogP contribution is 2.10. The number of carbonyl (C=O) groups excluding carboxylic acids is 1. The minimum absolute atomic E-state index is 0.0220. The van der Waals surface area contributed by atoms with Crippen molar-refractivity contribution in [1.82, 2.24) is 10.3 Å². The lowest BCUT2D eigenvalue weighted by molar-refractivity contribution is -0.123. The number of nitrogens with zero attached hydrogens (tertiary/aromatic N) is 1. The van der Waals surface area contributed by atoms with Crippen molar-refractivity contribution in [1.29, 1.82) is 0 Å².